The molecule has 0 saturated carbocycles. The maximum Gasteiger partial charge on any atom is 0.311 e. The van der Waals surface area contributed by atoms with Crippen molar-refractivity contribution in [3.63, 3.8) is 0 Å². The quantitative estimate of drug-likeness (QED) is 0.466. The van der Waals surface area contributed by atoms with Gasteiger partial charge in [-0.25, -0.2) is 4.98 Å². The van der Waals surface area contributed by atoms with Crippen molar-refractivity contribution >= 4 is 11.5 Å². The van der Waals surface area contributed by atoms with Gasteiger partial charge in [0.2, 0.25) is 5.82 Å². The molecule has 2 heterocycles. The van der Waals surface area contributed by atoms with Crippen LogP contribution in [0.4, 0.5) is 11.5 Å². The highest BCUT2D eigenvalue weighted by Crippen LogP contribution is 2.22. The summed E-state index contributed by atoms with van der Waals surface area (Å²) in [5, 5.41) is 17.2. The lowest BCUT2D eigenvalue weighted by Gasteiger charge is -2.22. The lowest BCUT2D eigenvalue weighted by Crippen LogP contribution is -2.33. The molecule has 0 radical (unpaired) electrons. The molecular weight excluding hydrogens is 260 g/mol. The van der Waals surface area contributed by atoms with E-state index < -0.39 is 4.92 Å². The van der Waals surface area contributed by atoms with E-state index in [1.807, 2.05) is 0 Å². The molecular formula is C13H20N4O3. The predicted molar refractivity (Wildman–Crippen MR) is 76.0 cm³/mol. The van der Waals surface area contributed by atoms with Crippen LogP contribution in [0.25, 0.3) is 0 Å². The molecule has 110 valence electrons. The van der Waals surface area contributed by atoms with Gasteiger partial charge in [-0.05, 0) is 38.4 Å². The van der Waals surface area contributed by atoms with Gasteiger partial charge < -0.3 is 15.4 Å². The van der Waals surface area contributed by atoms with Crippen LogP contribution in [0.2, 0.25) is 0 Å². The molecule has 1 fully saturated rings. The van der Waals surface area contributed by atoms with Gasteiger partial charge in [-0.2, -0.15) is 0 Å². The molecule has 0 bridgehead atoms. The van der Waals surface area contributed by atoms with E-state index in [-0.39, 0.29) is 5.69 Å². The van der Waals surface area contributed by atoms with E-state index in [4.69, 9.17) is 4.74 Å². The Hall–Kier alpha value is -1.73. The topological polar surface area (TPSA) is 89.3 Å². The van der Waals surface area contributed by atoms with Crippen LogP contribution in [0.3, 0.4) is 0 Å². The zero-order valence-corrected chi connectivity index (χ0v) is 11.6. The largest absolute Gasteiger partial charge is 0.376 e. The molecule has 1 aromatic rings. The maximum atomic E-state index is 10.9. The molecule has 0 unspecified atom stereocenters. The van der Waals surface area contributed by atoms with E-state index >= 15 is 0 Å². The SMILES string of the molecule is Cc1cnc(NCCOC2CCNCC2)c([N+](=O)[O-])c1. The number of nitrogens with zero attached hydrogens (tertiary/aromatic N) is 2. The van der Waals surface area contributed by atoms with E-state index in [0.717, 1.165) is 31.5 Å². The van der Waals surface area contributed by atoms with Gasteiger partial charge in [-0.3, -0.25) is 10.1 Å². The van der Waals surface area contributed by atoms with Gasteiger partial charge in [0, 0.05) is 18.8 Å². The number of ether oxygens (including phenoxy) is 1. The summed E-state index contributed by atoms with van der Waals surface area (Å²) in [6, 6.07) is 1.52. The molecule has 2 N–H and O–H groups in total. The summed E-state index contributed by atoms with van der Waals surface area (Å²) in [6.45, 7) is 4.80. The first-order chi connectivity index (χ1) is 9.66. The van der Waals surface area contributed by atoms with Gasteiger partial charge in [-0.15, -0.1) is 0 Å². The van der Waals surface area contributed by atoms with Crippen molar-refractivity contribution in [2.75, 3.05) is 31.6 Å². The summed E-state index contributed by atoms with van der Waals surface area (Å²) < 4.78 is 5.73. The zero-order chi connectivity index (χ0) is 14.4. The summed E-state index contributed by atoms with van der Waals surface area (Å²) in [7, 11) is 0. The van der Waals surface area contributed by atoms with Crippen LogP contribution in [0.1, 0.15) is 18.4 Å². The van der Waals surface area contributed by atoms with E-state index in [1.165, 1.54) is 6.07 Å². The molecule has 1 aliphatic rings. The number of nitrogens with one attached hydrogen (secondary N) is 2. The lowest BCUT2D eigenvalue weighted by molar-refractivity contribution is -0.384. The average Bonchev–Trinajstić information content (AvgIpc) is 2.45. The van der Waals surface area contributed by atoms with Crippen LogP contribution < -0.4 is 10.6 Å². The molecule has 7 nitrogen and oxygen atoms in total. The molecule has 0 amide bonds. The minimum atomic E-state index is -0.421. The highest BCUT2D eigenvalue weighted by Gasteiger charge is 2.16. The van der Waals surface area contributed by atoms with Crippen LogP contribution in [0.15, 0.2) is 12.3 Å². The molecule has 1 aromatic heterocycles. The molecule has 7 heteroatoms. The number of rotatable bonds is 6. The van der Waals surface area contributed by atoms with Crippen molar-refractivity contribution in [1.82, 2.24) is 10.3 Å². The monoisotopic (exact) mass is 280 g/mol. The second kappa shape index (κ2) is 7.16. The maximum absolute atomic E-state index is 10.9. The van der Waals surface area contributed by atoms with E-state index in [2.05, 4.69) is 15.6 Å². The second-order valence-electron chi connectivity index (χ2n) is 4.88. The Morgan fingerprint density at radius 2 is 2.30 bits per heavy atom. The number of nitro groups is 1. The van der Waals surface area contributed by atoms with E-state index in [1.54, 1.807) is 13.1 Å². The Balaban J connectivity index is 1.80. The Kier molecular flexibility index (Phi) is 5.25. The highest BCUT2D eigenvalue weighted by atomic mass is 16.6. The van der Waals surface area contributed by atoms with Gasteiger partial charge in [-0.1, -0.05) is 0 Å². The zero-order valence-electron chi connectivity index (χ0n) is 11.6. The molecule has 0 aromatic carbocycles. The van der Waals surface area contributed by atoms with Gasteiger partial charge in [0.05, 0.1) is 17.6 Å². The molecule has 0 spiro atoms. The van der Waals surface area contributed by atoms with Crippen molar-refractivity contribution in [1.29, 1.82) is 0 Å². The number of anilines is 1. The van der Waals surface area contributed by atoms with Gasteiger partial charge in [0.1, 0.15) is 0 Å². The smallest absolute Gasteiger partial charge is 0.311 e. The van der Waals surface area contributed by atoms with Crippen LogP contribution in [0.5, 0.6) is 0 Å². The number of piperidine rings is 1. The minimum absolute atomic E-state index is 0.00636. The summed E-state index contributed by atoms with van der Waals surface area (Å²) in [4.78, 5) is 14.6. The fourth-order valence-corrected chi connectivity index (χ4v) is 2.19. The van der Waals surface area contributed by atoms with Gasteiger partial charge in [0.25, 0.3) is 0 Å². The Morgan fingerprint density at radius 3 is 3.00 bits per heavy atom. The molecule has 0 atom stereocenters. The standard InChI is InChI=1S/C13H20N4O3/c1-10-8-12(17(18)19)13(16-9-10)15-6-7-20-11-2-4-14-5-3-11/h8-9,11,14H,2-7H2,1H3,(H,15,16). The predicted octanol–water partition coefficient (Wildman–Crippen LogP) is 1.48. The third kappa shape index (κ3) is 4.14. The summed E-state index contributed by atoms with van der Waals surface area (Å²) in [6.07, 6.45) is 3.94. The number of aromatic nitrogens is 1. The van der Waals surface area contributed by atoms with E-state index in [9.17, 15) is 10.1 Å². The third-order valence-electron chi connectivity index (χ3n) is 3.24. The number of hydrogen-bond donors (Lipinski definition) is 2. The van der Waals surface area contributed by atoms with Gasteiger partial charge in [0.15, 0.2) is 0 Å². The van der Waals surface area contributed by atoms with Crippen molar-refractivity contribution in [3.8, 4) is 0 Å². The highest BCUT2D eigenvalue weighted by molar-refractivity contribution is 5.56. The fraction of sp³-hybridized carbons (Fsp3) is 0.615. The van der Waals surface area contributed by atoms with Crippen LogP contribution in [-0.2, 0) is 4.74 Å². The molecule has 0 aliphatic carbocycles. The van der Waals surface area contributed by atoms with Crippen molar-refractivity contribution in [2.24, 2.45) is 0 Å². The fourth-order valence-electron chi connectivity index (χ4n) is 2.19. The Labute approximate surface area is 117 Å². The van der Waals surface area contributed by atoms with E-state index in [0.29, 0.717) is 25.1 Å². The van der Waals surface area contributed by atoms with Crippen molar-refractivity contribution in [3.05, 3.63) is 27.9 Å². The molecule has 2 rings (SSSR count). The van der Waals surface area contributed by atoms with Crippen LogP contribution in [0, 0.1) is 17.0 Å². The number of hydrogen-bond acceptors (Lipinski definition) is 6. The Bertz CT molecular complexity index is 461. The minimum Gasteiger partial charge on any atom is -0.376 e. The molecule has 20 heavy (non-hydrogen) atoms. The first-order valence-electron chi connectivity index (χ1n) is 6.84. The van der Waals surface area contributed by atoms with Crippen LogP contribution in [-0.4, -0.2) is 42.3 Å². The number of aryl methyl sites for hydroxylation is 1. The van der Waals surface area contributed by atoms with Crippen molar-refractivity contribution < 1.29 is 9.66 Å². The first-order valence-corrected chi connectivity index (χ1v) is 6.84. The summed E-state index contributed by atoms with van der Waals surface area (Å²) in [5.41, 5.74) is 0.778. The lowest BCUT2D eigenvalue weighted by atomic mass is 10.1. The second-order valence-corrected chi connectivity index (χ2v) is 4.88. The summed E-state index contributed by atoms with van der Waals surface area (Å²) in [5.74, 6) is 0.300. The van der Waals surface area contributed by atoms with Crippen LogP contribution >= 0.6 is 0 Å². The summed E-state index contributed by atoms with van der Waals surface area (Å²) >= 11 is 0. The average molecular weight is 280 g/mol. The van der Waals surface area contributed by atoms with Crippen molar-refractivity contribution in [2.45, 2.75) is 25.9 Å². The molecule has 1 saturated heterocycles. The third-order valence-corrected chi connectivity index (χ3v) is 3.24. The van der Waals surface area contributed by atoms with Gasteiger partial charge >= 0.3 is 5.69 Å². The molecule has 1 aliphatic heterocycles. The normalized spacial score (nSPS) is 16.1. The Morgan fingerprint density at radius 1 is 1.55 bits per heavy atom. The number of pyridine rings is 1. The first kappa shape index (κ1) is 14.7.